The third kappa shape index (κ3) is 2.07. The Morgan fingerprint density at radius 2 is 2.28 bits per heavy atom. The first-order chi connectivity index (χ1) is 8.83. The fraction of sp³-hybridized carbons (Fsp3) is 0.231. The second kappa shape index (κ2) is 4.52. The van der Waals surface area contributed by atoms with E-state index in [2.05, 4.69) is 26.9 Å². The molecule has 0 spiro atoms. The van der Waals surface area contributed by atoms with Crippen LogP contribution in [-0.4, -0.2) is 22.6 Å². The van der Waals surface area contributed by atoms with Crippen molar-refractivity contribution in [2.45, 2.75) is 12.3 Å². The second-order valence-electron chi connectivity index (χ2n) is 4.39. The maximum atomic E-state index is 11.9. The summed E-state index contributed by atoms with van der Waals surface area (Å²) in [4.78, 5) is 11.9. The van der Waals surface area contributed by atoms with Gasteiger partial charge in [-0.1, -0.05) is 18.2 Å². The molecule has 0 radical (unpaired) electrons. The van der Waals surface area contributed by atoms with E-state index in [1.807, 2.05) is 18.2 Å². The van der Waals surface area contributed by atoms with Crippen molar-refractivity contribution in [2.75, 3.05) is 17.2 Å². The predicted molar refractivity (Wildman–Crippen MR) is 69.5 cm³/mol. The number of carbonyl (C=O) groups is 1. The number of H-pyrrole nitrogens is 1. The Kier molecular flexibility index (Phi) is 2.72. The van der Waals surface area contributed by atoms with Crippen LogP contribution in [0.1, 0.15) is 17.9 Å². The molecule has 3 N–H and O–H groups in total. The summed E-state index contributed by atoms with van der Waals surface area (Å²) < 4.78 is 0. The molecule has 2 aromatic rings. The van der Waals surface area contributed by atoms with Gasteiger partial charge in [0.15, 0.2) is 0 Å². The number of anilines is 2. The van der Waals surface area contributed by atoms with Crippen LogP contribution in [0.4, 0.5) is 11.5 Å². The third-order valence-electron chi connectivity index (χ3n) is 3.15. The van der Waals surface area contributed by atoms with Gasteiger partial charge < -0.3 is 10.6 Å². The van der Waals surface area contributed by atoms with Crippen molar-refractivity contribution in [2.24, 2.45) is 0 Å². The van der Waals surface area contributed by atoms with Gasteiger partial charge in [0, 0.05) is 30.6 Å². The van der Waals surface area contributed by atoms with Crippen LogP contribution in [0.15, 0.2) is 36.5 Å². The number of hydrogen-bond donors (Lipinski definition) is 3. The molecule has 3 rings (SSSR count). The van der Waals surface area contributed by atoms with Gasteiger partial charge in [-0.2, -0.15) is 5.10 Å². The number of carbonyl (C=O) groups excluding carboxylic acids is 1. The van der Waals surface area contributed by atoms with Crippen molar-refractivity contribution in [1.29, 1.82) is 0 Å². The van der Waals surface area contributed by atoms with Crippen molar-refractivity contribution < 1.29 is 4.79 Å². The molecule has 18 heavy (non-hydrogen) atoms. The number of nitrogens with zero attached hydrogens (tertiary/aromatic N) is 1. The number of para-hydroxylation sites is 1. The van der Waals surface area contributed by atoms with E-state index in [-0.39, 0.29) is 11.8 Å². The molecule has 0 saturated heterocycles. The molecule has 1 aromatic carbocycles. The van der Waals surface area contributed by atoms with Crippen LogP contribution in [0.2, 0.25) is 0 Å². The molecule has 5 heteroatoms. The average molecular weight is 242 g/mol. The lowest BCUT2D eigenvalue weighted by molar-refractivity contribution is -0.116. The molecule has 1 atom stereocenters. The topological polar surface area (TPSA) is 69.8 Å². The number of benzene rings is 1. The SMILES string of the molecule is O=C(CC1CNc2ccccc21)Nc1ccn[nH]1. The second-order valence-corrected chi connectivity index (χ2v) is 4.39. The van der Waals surface area contributed by atoms with Crippen molar-refractivity contribution in [1.82, 2.24) is 10.2 Å². The van der Waals surface area contributed by atoms with E-state index >= 15 is 0 Å². The number of hydrogen-bond acceptors (Lipinski definition) is 3. The maximum absolute atomic E-state index is 11.9. The van der Waals surface area contributed by atoms with Crippen LogP contribution in [0.25, 0.3) is 0 Å². The Hall–Kier alpha value is -2.30. The molecule has 1 aliphatic heterocycles. The molecule has 92 valence electrons. The number of amides is 1. The van der Waals surface area contributed by atoms with E-state index in [1.54, 1.807) is 12.3 Å². The Labute approximate surface area is 105 Å². The summed E-state index contributed by atoms with van der Waals surface area (Å²) in [5.41, 5.74) is 2.36. The highest BCUT2D eigenvalue weighted by molar-refractivity contribution is 5.90. The molecule has 5 nitrogen and oxygen atoms in total. The van der Waals surface area contributed by atoms with Gasteiger partial charge in [-0.25, -0.2) is 0 Å². The minimum atomic E-state index is 0.00255. The zero-order valence-corrected chi connectivity index (χ0v) is 9.81. The van der Waals surface area contributed by atoms with Crippen LogP contribution in [0, 0.1) is 0 Å². The van der Waals surface area contributed by atoms with Crippen LogP contribution >= 0.6 is 0 Å². The first-order valence-corrected chi connectivity index (χ1v) is 5.95. The van der Waals surface area contributed by atoms with Crippen LogP contribution < -0.4 is 10.6 Å². The largest absolute Gasteiger partial charge is 0.384 e. The van der Waals surface area contributed by atoms with Crippen molar-refractivity contribution in [3.63, 3.8) is 0 Å². The number of aromatic nitrogens is 2. The summed E-state index contributed by atoms with van der Waals surface area (Å²) in [6.07, 6.45) is 2.09. The summed E-state index contributed by atoms with van der Waals surface area (Å²) >= 11 is 0. The Morgan fingerprint density at radius 1 is 1.39 bits per heavy atom. The lowest BCUT2D eigenvalue weighted by Gasteiger charge is -2.09. The summed E-state index contributed by atoms with van der Waals surface area (Å²) in [6, 6.07) is 9.86. The van der Waals surface area contributed by atoms with Crippen LogP contribution in [0.5, 0.6) is 0 Å². The Bertz CT molecular complexity index is 550. The van der Waals surface area contributed by atoms with Crippen LogP contribution in [0.3, 0.4) is 0 Å². The van der Waals surface area contributed by atoms with Gasteiger partial charge in [-0.15, -0.1) is 0 Å². The molecule has 2 heterocycles. The van der Waals surface area contributed by atoms with Crippen molar-refractivity contribution in [3.05, 3.63) is 42.1 Å². The lowest BCUT2D eigenvalue weighted by atomic mass is 9.98. The van der Waals surface area contributed by atoms with E-state index in [0.29, 0.717) is 12.2 Å². The molecule has 1 aromatic heterocycles. The molecule has 1 amide bonds. The maximum Gasteiger partial charge on any atom is 0.226 e. The molecular formula is C13H14N4O. The summed E-state index contributed by atoms with van der Waals surface area (Å²) in [5, 5.41) is 12.6. The van der Waals surface area contributed by atoms with Gasteiger partial charge in [0.2, 0.25) is 5.91 Å². The quantitative estimate of drug-likeness (QED) is 0.770. The zero-order valence-electron chi connectivity index (χ0n) is 9.81. The summed E-state index contributed by atoms with van der Waals surface area (Å²) in [6.45, 7) is 0.815. The minimum Gasteiger partial charge on any atom is -0.384 e. The highest BCUT2D eigenvalue weighted by Gasteiger charge is 2.23. The molecule has 1 unspecified atom stereocenters. The van der Waals surface area contributed by atoms with Gasteiger partial charge in [0.1, 0.15) is 5.82 Å². The molecule has 0 saturated carbocycles. The first-order valence-electron chi connectivity index (χ1n) is 5.95. The van der Waals surface area contributed by atoms with E-state index in [9.17, 15) is 4.79 Å². The molecule has 0 bridgehead atoms. The fourth-order valence-electron chi connectivity index (χ4n) is 2.29. The normalized spacial score (nSPS) is 17.0. The monoisotopic (exact) mass is 242 g/mol. The standard InChI is InChI=1S/C13H14N4O/c18-13(16-12-5-6-15-17-12)7-9-8-14-11-4-2-1-3-10(9)11/h1-6,9,14H,7-8H2,(H2,15,16,17,18). The summed E-state index contributed by atoms with van der Waals surface area (Å²) in [7, 11) is 0. The Balaban J connectivity index is 1.66. The number of rotatable bonds is 3. The predicted octanol–water partition coefficient (Wildman–Crippen LogP) is 1.95. The van der Waals surface area contributed by atoms with Gasteiger partial charge in [0.25, 0.3) is 0 Å². The van der Waals surface area contributed by atoms with Crippen molar-refractivity contribution in [3.8, 4) is 0 Å². The highest BCUT2D eigenvalue weighted by atomic mass is 16.1. The number of nitrogens with one attached hydrogen (secondary N) is 3. The molecule has 1 aliphatic rings. The summed E-state index contributed by atoms with van der Waals surface area (Å²) in [5.74, 6) is 0.881. The minimum absolute atomic E-state index is 0.00255. The lowest BCUT2D eigenvalue weighted by Crippen LogP contribution is -2.16. The third-order valence-corrected chi connectivity index (χ3v) is 3.15. The fourth-order valence-corrected chi connectivity index (χ4v) is 2.29. The van der Waals surface area contributed by atoms with Gasteiger partial charge in [0.05, 0.1) is 6.20 Å². The van der Waals surface area contributed by atoms with E-state index in [0.717, 1.165) is 12.2 Å². The van der Waals surface area contributed by atoms with Gasteiger partial charge in [-0.3, -0.25) is 9.89 Å². The zero-order chi connectivity index (χ0) is 12.4. The number of fused-ring (bicyclic) bond motifs is 1. The van der Waals surface area contributed by atoms with E-state index in [4.69, 9.17) is 0 Å². The Morgan fingerprint density at radius 3 is 3.11 bits per heavy atom. The average Bonchev–Trinajstić information content (AvgIpc) is 3.00. The van der Waals surface area contributed by atoms with E-state index < -0.39 is 0 Å². The van der Waals surface area contributed by atoms with Crippen LogP contribution in [-0.2, 0) is 4.79 Å². The molecule has 0 fully saturated rings. The highest BCUT2D eigenvalue weighted by Crippen LogP contribution is 2.33. The van der Waals surface area contributed by atoms with Gasteiger partial charge >= 0.3 is 0 Å². The van der Waals surface area contributed by atoms with E-state index in [1.165, 1.54) is 5.56 Å². The molecular weight excluding hydrogens is 228 g/mol. The van der Waals surface area contributed by atoms with Crippen molar-refractivity contribution >= 4 is 17.4 Å². The van der Waals surface area contributed by atoms with Gasteiger partial charge in [-0.05, 0) is 11.6 Å². The number of aromatic amines is 1. The molecule has 0 aliphatic carbocycles. The first kappa shape index (κ1) is 10.8. The smallest absolute Gasteiger partial charge is 0.226 e.